The van der Waals surface area contributed by atoms with Crippen LogP contribution in [0.15, 0.2) is 36.5 Å². The van der Waals surface area contributed by atoms with Crippen LogP contribution in [0.1, 0.15) is 258 Å². The number of rotatable bonds is 50. The van der Waals surface area contributed by atoms with Gasteiger partial charge in [-0.2, -0.15) is 0 Å². The molecule has 3 unspecified atom stereocenters. The fourth-order valence-electron chi connectivity index (χ4n) is 8.05. The number of hydrogen-bond acceptors (Lipinski definition) is 5. The monoisotopic (exact) mass is 924 g/mol. The number of carbonyl (C=O) groups excluding carboxylic acids is 1. The SMILES string of the molecule is CCCCCCC/C=C\C/C=C\C/C=C\CCCCCCCCCCCCCCCCCCCCC(=O)NC(COP(=O)(O)OCC[N+](C)(C)C)C(O)CCCCCCCCCCC. The van der Waals surface area contributed by atoms with Gasteiger partial charge < -0.3 is 19.8 Å². The van der Waals surface area contributed by atoms with E-state index in [1.165, 1.54) is 180 Å². The largest absolute Gasteiger partial charge is 0.472 e. The molecule has 0 spiro atoms. The summed E-state index contributed by atoms with van der Waals surface area (Å²) in [5, 5.41) is 13.9. The van der Waals surface area contributed by atoms with Crippen molar-refractivity contribution in [3.63, 3.8) is 0 Å². The summed E-state index contributed by atoms with van der Waals surface area (Å²) in [5.74, 6) is -0.144. The maximum atomic E-state index is 12.9. The van der Waals surface area contributed by atoms with Gasteiger partial charge in [-0.15, -0.1) is 0 Å². The highest BCUT2D eigenvalue weighted by molar-refractivity contribution is 7.47. The molecule has 3 N–H and O–H groups in total. The number of aliphatic hydroxyl groups excluding tert-OH is 1. The molecule has 0 rings (SSSR count). The predicted octanol–water partition coefficient (Wildman–Crippen LogP) is 16.2. The van der Waals surface area contributed by atoms with Crippen LogP contribution in [0.2, 0.25) is 0 Å². The van der Waals surface area contributed by atoms with E-state index in [9.17, 15) is 19.4 Å². The van der Waals surface area contributed by atoms with Gasteiger partial charge in [0, 0.05) is 6.42 Å². The summed E-state index contributed by atoms with van der Waals surface area (Å²) in [6, 6.07) is -0.757. The van der Waals surface area contributed by atoms with Crippen molar-refractivity contribution in [3.05, 3.63) is 36.5 Å². The van der Waals surface area contributed by atoms with E-state index in [0.717, 1.165) is 51.4 Å². The average molecular weight is 924 g/mol. The topological polar surface area (TPSA) is 105 Å². The van der Waals surface area contributed by atoms with Crippen LogP contribution in [-0.2, 0) is 18.4 Å². The van der Waals surface area contributed by atoms with Gasteiger partial charge >= 0.3 is 7.82 Å². The third-order valence-electron chi connectivity index (χ3n) is 12.4. The van der Waals surface area contributed by atoms with Gasteiger partial charge in [0.1, 0.15) is 13.2 Å². The first-order chi connectivity index (χ1) is 31.0. The van der Waals surface area contributed by atoms with Crippen molar-refractivity contribution in [3.8, 4) is 0 Å². The van der Waals surface area contributed by atoms with Crippen LogP contribution >= 0.6 is 7.82 Å². The fourth-order valence-corrected chi connectivity index (χ4v) is 8.79. The highest BCUT2D eigenvalue weighted by Gasteiger charge is 2.28. The molecule has 64 heavy (non-hydrogen) atoms. The van der Waals surface area contributed by atoms with E-state index in [4.69, 9.17) is 9.05 Å². The molecule has 0 aromatic heterocycles. The fraction of sp³-hybridized carbons (Fsp3) is 0.873. The molecule has 0 aliphatic rings. The summed E-state index contributed by atoms with van der Waals surface area (Å²) >= 11 is 0. The molecule has 9 heteroatoms. The van der Waals surface area contributed by atoms with E-state index in [0.29, 0.717) is 23.9 Å². The average Bonchev–Trinajstić information content (AvgIpc) is 3.25. The molecule has 0 aliphatic heterocycles. The third kappa shape index (κ3) is 48.6. The minimum Gasteiger partial charge on any atom is -0.391 e. The van der Waals surface area contributed by atoms with Crippen LogP contribution in [-0.4, -0.2) is 73.4 Å². The molecule has 0 saturated carbocycles. The summed E-state index contributed by atoms with van der Waals surface area (Å²) in [4.78, 5) is 23.2. The maximum absolute atomic E-state index is 12.9. The highest BCUT2D eigenvalue weighted by Crippen LogP contribution is 2.43. The molecule has 378 valence electrons. The van der Waals surface area contributed by atoms with Crippen LogP contribution < -0.4 is 5.32 Å². The Kier molecular flexibility index (Phi) is 45.9. The van der Waals surface area contributed by atoms with Gasteiger partial charge in [0.25, 0.3) is 0 Å². The Morgan fingerprint density at radius 1 is 0.531 bits per heavy atom. The zero-order valence-corrected chi connectivity index (χ0v) is 43.9. The number of phosphoric acid groups is 1. The van der Waals surface area contributed by atoms with Crippen LogP contribution in [0.4, 0.5) is 0 Å². The summed E-state index contributed by atoms with van der Waals surface area (Å²) in [6.45, 7) is 4.86. The lowest BCUT2D eigenvalue weighted by molar-refractivity contribution is -0.870. The second-order valence-electron chi connectivity index (χ2n) is 20.0. The van der Waals surface area contributed by atoms with Crippen molar-refractivity contribution in [1.29, 1.82) is 0 Å². The van der Waals surface area contributed by atoms with Gasteiger partial charge in [0.05, 0.1) is 39.9 Å². The molecule has 0 aromatic carbocycles. The molecule has 0 aliphatic carbocycles. The number of hydrogen-bond donors (Lipinski definition) is 3. The van der Waals surface area contributed by atoms with E-state index >= 15 is 0 Å². The van der Waals surface area contributed by atoms with Crippen LogP contribution in [0.3, 0.4) is 0 Å². The van der Waals surface area contributed by atoms with E-state index in [-0.39, 0.29) is 19.1 Å². The maximum Gasteiger partial charge on any atom is 0.472 e. The Balaban J connectivity index is 3.91. The number of likely N-dealkylation sites (N-methyl/N-ethyl adjacent to an activating group) is 1. The molecule has 0 saturated heterocycles. The number of carbonyl (C=O) groups is 1. The zero-order chi connectivity index (χ0) is 47.1. The summed E-state index contributed by atoms with van der Waals surface area (Å²) in [5.41, 5.74) is 0. The van der Waals surface area contributed by atoms with Crippen molar-refractivity contribution >= 4 is 13.7 Å². The lowest BCUT2D eigenvalue weighted by atomic mass is 10.0. The minimum absolute atomic E-state index is 0.0755. The van der Waals surface area contributed by atoms with Gasteiger partial charge in [-0.3, -0.25) is 13.8 Å². The normalized spacial score (nSPS) is 14.3. The summed E-state index contributed by atoms with van der Waals surface area (Å²) in [6.07, 6.45) is 59.3. The number of nitrogens with one attached hydrogen (secondary N) is 1. The molecule has 0 radical (unpaired) electrons. The first kappa shape index (κ1) is 62.7. The van der Waals surface area contributed by atoms with Gasteiger partial charge in [-0.25, -0.2) is 4.57 Å². The van der Waals surface area contributed by atoms with E-state index in [2.05, 4.69) is 55.6 Å². The Morgan fingerprint density at radius 3 is 1.30 bits per heavy atom. The van der Waals surface area contributed by atoms with Gasteiger partial charge in [-0.1, -0.05) is 237 Å². The Morgan fingerprint density at radius 2 is 0.891 bits per heavy atom. The number of phosphoric ester groups is 1. The van der Waals surface area contributed by atoms with Crippen molar-refractivity contribution in [2.45, 2.75) is 270 Å². The number of unbranched alkanes of at least 4 members (excludes halogenated alkanes) is 31. The first-order valence-corrected chi connectivity index (χ1v) is 28.8. The molecule has 0 fully saturated rings. The third-order valence-corrected chi connectivity index (χ3v) is 13.4. The zero-order valence-electron chi connectivity index (χ0n) is 43.0. The van der Waals surface area contributed by atoms with Gasteiger partial charge in [-0.05, 0) is 51.4 Å². The van der Waals surface area contributed by atoms with E-state index in [1.807, 2.05) is 21.1 Å². The number of quaternary nitrogens is 1. The van der Waals surface area contributed by atoms with E-state index < -0.39 is 20.0 Å². The minimum atomic E-state index is -4.31. The number of allylic oxidation sites excluding steroid dienone is 6. The number of amides is 1. The first-order valence-electron chi connectivity index (χ1n) is 27.4. The lowest BCUT2D eigenvalue weighted by Crippen LogP contribution is -2.46. The molecule has 3 atom stereocenters. The Hall–Kier alpha value is -1.28. The van der Waals surface area contributed by atoms with Crippen molar-refractivity contribution in [2.75, 3.05) is 40.9 Å². The highest BCUT2D eigenvalue weighted by atomic mass is 31.2. The molecule has 1 amide bonds. The van der Waals surface area contributed by atoms with Crippen molar-refractivity contribution in [1.82, 2.24) is 5.32 Å². The summed E-state index contributed by atoms with van der Waals surface area (Å²) in [7, 11) is 1.62. The van der Waals surface area contributed by atoms with Crippen molar-refractivity contribution in [2.24, 2.45) is 0 Å². The predicted molar refractivity (Wildman–Crippen MR) is 277 cm³/mol. The van der Waals surface area contributed by atoms with Crippen molar-refractivity contribution < 1.29 is 32.9 Å². The number of aliphatic hydroxyl groups is 1. The molecule has 8 nitrogen and oxygen atoms in total. The molecule has 0 bridgehead atoms. The molecule has 0 aromatic rings. The summed E-state index contributed by atoms with van der Waals surface area (Å²) < 4.78 is 23.6. The molecular formula is C55H108N2O6P+. The Bertz CT molecular complexity index is 1140. The van der Waals surface area contributed by atoms with E-state index in [1.54, 1.807) is 0 Å². The van der Waals surface area contributed by atoms with Crippen LogP contribution in [0.5, 0.6) is 0 Å². The van der Waals surface area contributed by atoms with Crippen LogP contribution in [0, 0.1) is 0 Å². The van der Waals surface area contributed by atoms with Crippen LogP contribution in [0.25, 0.3) is 0 Å². The quantitative estimate of drug-likeness (QED) is 0.0243. The Labute approximate surface area is 397 Å². The lowest BCUT2D eigenvalue weighted by Gasteiger charge is -2.26. The standard InChI is InChI=1S/C55H107N2O6P/c1-6-8-10-12-14-16-17-18-19-20-21-22-23-24-25-26-27-28-29-30-31-32-33-34-35-36-37-38-39-41-43-45-47-49-55(59)56-53(52-63-64(60,61)62-51-50-57(3,4)5)54(58)48-46-44-42-40-15-13-11-9-7-2/h17-18,20-21,23-24,53-54,58H,6-16,19,22,25-52H2,1-5H3,(H-,56,59,60,61)/p+1/b18-17-,21-20-,24-23-. The molecule has 0 heterocycles. The number of nitrogens with zero attached hydrogens (tertiary/aromatic N) is 1. The second kappa shape index (κ2) is 46.8. The van der Waals surface area contributed by atoms with Gasteiger partial charge in [0.15, 0.2) is 0 Å². The second-order valence-corrected chi connectivity index (χ2v) is 21.4. The smallest absolute Gasteiger partial charge is 0.391 e. The van der Waals surface area contributed by atoms with Gasteiger partial charge in [0.2, 0.25) is 5.91 Å². The molecular weight excluding hydrogens is 816 g/mol.